The summed E-state index contributed by atoms with van der Waals surface area (Å²) in [5, 5.41) is 0.502. The van der Waals surface area contributed by atoms with E-state index >= 15 is 0 Å². The van der Waals surface area contributed by atoms with Crippen LogP contribution >= 0.6 is 0 Å². The van der Waals surface area contributed by atoms with Crippen molar-refractivity contribution in [3.63, 3.8) is 0 Å². The second-order valence-electron chi connectivity index (χ2n) is 6.44. The molecule has 0 aliphatic heterocycles. The Bertz CT molecular complexity index is 1200. The first-order chi connectivity index (χ1) is 13.6. The van der Waals surface area contributed by atoms with Gasteiger partial charge in [0.25, 0.3) is 5.56 Å². The Hall–Kier alpha value is -3.73. The third-order valence-corrected chi connectivity index (χ3v) is 4.60. The number of aromatic nitrogens is 2. The van der Waals surface area contributed by atoms with Gasteiger partial charge >= 0.3 is 0 Å². The standard InChI is InChI=1S/C23H18N2O3/c1-28-18-10-7-16(8-11-18)21(26)14-22-24-20-12-9-17(13-19(20)23(27)25-22)15-5-3-2-4-6-15/h2-13H,14H2,1H3,(H,24,25,27). The Kier molecular flexibility index (Phi) is 4.72. The number of methoxy groups -OCH3 is 1. The lowest BCUT2D eigenvalue weighted by molar-refractivity contribution is 0.0991. The lowest BCUT2D eigenvalue weighted by Crippen LogP contribution is -2.15. The first-order valence-electron chi connectivity index (χ1n) is 8.90. The largest absolute Gasteiger partial charge is 0.497 e. The second-order valence-corrected chi connectivity index (χ2v) is 6.44. The molecule has 0 saturated heterocycles. The van der Waals surface area contributed by atoms with Crippen LogP contribution in [0.2, 0.25) is 0 Å². The average molecular weight is 370 g/mol. The Morgan fingerprint density at radius 2 is 1.71 bits per heavy atom. The number of nitrogens with one attached hydrogen (secondary N) is 1. The number of hydrogen-bond donors (Lipinski definition) is 1. The molecule has 0 bridgehead atoms. The Labute approximate surface area is 161 Å². The Morgan fingerprint density at radius 3 is 2.43 bits per heavy atom. The van der Waals surface area contributed by atoms with Crippen molar-refractivity contribution in [2.45, 2.75) is 6.42 Å². The van der Waals surface area contributed by atoms with E-state index in [9.17, 15) is 9.59 Å². The van der Waals surface area contributed by atoms with Gasteiger partial charge in [-0.05, 0) is 47.5 Å². The molecule has 0 radical (unpaired) electrons. The molecule has 1 heterocycles. The normalized spacial score (nSPS) is 10.8. The van der Waals surface area contributed by atoms with Gasteiger partial charge in [0.15, 0.2) is 5.78 Å². The number of fused-ring (bicyclic) bond motifs is 1. The van der Waals surface area contributed by atoms with Crippen LogP contribution in [-0.4, -0.2) is 22.9 Å². The summed E-state index contributed by atoms with van der Waals surface area (Å²) < 4.78 is 5.10. The van der Waals surface area contributed by atoms with Crippen LogP contribution in [-0.2, 0) is 6.42 Å². The van der Waals surface area contributed by atoms with Crippen LogP contribution in [0.3, 0.4) is 0 Å². The molecule has 0 aliphatic carbocycles. The molecule has 5 heteroatoms. The van der Waals surface area contributed by atoms with Crippen molar-refractivity contribution in [2.75, 3.05) is 7.11 Å². The minimum absolute atomic E-state index is 0.0257. The highest BCUT2D eigenvalue weighted by Gasteiger charge is 2.12. The van der Waals surface area contributed by atoms with Crippen molar-refractivity contribution in [3.8, 4) is 16.9 Å². The van der Waals surface area contributed by atoms with Crippen LogP contribution in [0.25, 0.3) is 22.0 Å². The van der Waals surface area contributed by atoms with Crippen LogP contribution < -0.4 is 10.3 Å². The maximum atomic E-state index is 12.6. The van der Waals surface area contributed by atoms with Gasteiger partial charge in [-0.2, -0.15) is 0 Å². The predicted molar refractivity (Wildman–Crippen MR) is 109 cm³/mol. The Morgan fingerprint density at radius 1 is 0.964 bits per heavy atom. The number of aromatic amines is 1. The maximum absolute atomic E-state index is 12.6. The molecule has 1 aromatic heterocycles. The second kappa shape index (κ2) is 7.48. The smallest absolute Gasteiger partial charge is 0.258 e. The van der Waals surface area contributed by atoms with Crippen LogP contribution in [0.15, 0.2) is 77.6 Å². The number of Topliss-reactive ketones (excluding diaryl/α,β-unsaturated/α-hetero) is 1. The monoisotopic (exact) mass is 370 g/mol. The third-order valence-electron chi connectivity index (χ3n) is 4.60. The summed E-state index contributed by atoms with van der Waals surface area (Å²) in [7, 11) is 1.57. The van der Waals surface area contributed by atoms with E-state index < -0.39 is 0 Å². The van der Waals surface area contributed by atoms with Crippen LogP contribution in [0, 0.1) is 0 Å². The Balaban J connectivity index is 1.63. The summed E-state index contributed by atoms with van der Waals surface area (Å²) in [6.45, 7) is 0. The first-order valence-corrected chi connectivity index (χ1v) is 8.90. The number of nitrogens with zero attached hydrogens (tertiary/aromatic N) is 1. The van der Waals surface area contributed by atoms with Crippen LogP contribution in [0.4, 0.5) is 0 Å². The van der Waals surface area contributed by atoms with Gasteiger partial charge in [-0.1, -0.05) is 36.4 Å². The number of H-pyrrole nitrogens is 1. The molecule has 0 amide bonds. The van der Waals surface area contributed by atoms with E-state index in [1.165, 1.54) is 0 Å². The average Bonchev–Trinajstić information content (AvgIpc) is 2.74. The zero-order valence-corrected chi connectivity index (χ0v) is 15.3. The summed E-state index contributed by atoms with van der Waals surface area (Å²) in [5.41, 5.74) is 2.84. The molecule has 0 spiro atoms. The van der Waals surface area contributed by atoms with E-state index in [0.717, 1.165) is 11.1 Å². The van der Waals surface area contributed by atoms with Gasteiger partial charge in [0.05, 0.1) is 24.4 Å². The quantitative estimate of drug-likeness (QED) is 0.539. The topological polar surface area (TPSA) is 72.0 Å². The number of hydrogen-bond acceptors (Lipinski definition) is 4. The van der Waals surface area contributed by atoms with Gasteiger partial charge in [-0.15, -0.1) is 0 Å². The van der Waals surface area contributed by atoms with Crippen molar-refractivity contribution in [3.05, 3.63) is 94.5 Å². The molecule has 4 aromatic rings. The van der Waals surface area contributed by atoms with Gasteiger partial charge in [0.1, 0.15) is 11.6 Å². The van der Waals surface area contributed by atoms with E-state index in [-0.39, 0.29) is 17.8 Å². The third kappa shape index (κ3) is 3.55. The molecule has 0 saturated carbocycles. The molecule has 28 heavy (non-hydrogen) atoms. The molecule has 0 atom stereocenters. The zero-order valence-electron chi connectivity index (χ0n) is 15.3. The SMILES string of the molecule is COc1ccc(C(=O)Cc2nc3ccc(-c4ccccc4)cc3c(=O)[nH]2)cc1. The predicted octanol–water partition coefficient (Wildman–Crippen LogP) is 4.02. The van der Waals surface area contributed by atoms with E-state index in [0.29, 0.717) is 28.0 Å². The lowest BCUT2D eigenvalue weighted by atomic mass is 10.0. The highest BCUT2D eigenvalue weighted by Crippen LogP contribution is 2.22. The highest BCUT2D eigenvalue weighted by atomic mass is 16.5. The molecular weight excluding hydrogens is 352 g/mol. The summed E-state index contributed by atoms with van der Waals surface area (Å²) in [4.78, 5) is 32.3. The molecule has 0 aliphatic rings. The molecule has 3 aromatic carbocycles. The molecule has 1 N–H and O–H groups in total. The fourth-order valence-electron chi connectivity index (χ4n) is 3.11. The fourth-order valence-corrected chi connectivity index (χ4v) is 3.11. The number of benzene rings is 3. The van der Waals surface area contributed by atoms with Crippen molar-refractivity contribution in [2.24, 2.45) is 0 Å². The molecular formula is C23H18N2O3. The minimum atomic E-state index is -0.250. The summed E-state index contributed by atoms with van der Waals surface area (Å²) in [6.07, 6.45) is 0.0257. The highest BCUT2D eigenvalue weighted by molar-refractivity contribution is 5.97. The van der Waals surface area contributed by atoms with Gasteiger partial charge in [0, 0.05) is 5.56 Å². The van der Waals surface area contributed by atoms with Crippen molar-refractivity contribution in [1.29, 1.82) is 0 Å². The van der Waals surface area contributed by atoms with Gasteiger partial charge in [-0.3, -0.25) is 9.59 Å². The van der Waals surface area contributed by atoms with Gasteiger partial charge < -0.3 is 9.72 Å². The number of rotatable bonds is 5. The van der Waals surface area contributed by atoms with Crippen LogP contribution in [0.5, 0.6) is 5.75 Å². The summed E-state index contributed by atoms with van der Waals surface area (Å²) in [5.74, 6) is 0.917. The van der Waals surface area contributed by atoms with E-state index in [1.807, 2.05) is 48.5 Å². The van der Waals surface area contributed by atoms with Crippen molar-refractivity contribution >= 4 is 16.7 Å². The number of ether oxygens (including phenoxy) is 1. The molecule has 0 unspecified atom stereocenters. The number of carbonyl (C=O) groups excluding carboxylic acids is 1. The fraction of sp³-hybridized carbons (Fsp3) is 0.0870. The first kappa shape index (κ1) is 17.7. The maximum Gasteiger partial charge on any atom is 0.258 e. The molecule has 4 rings (SSSR count). The molecule has 5 nitrogen and oxygen atoms in total. The van der Waals surface area contributed by atoms with E-state index in [2.05, 4.69) is 9.97 Å². The lowest BCUT2D eigenvalue weighted by Gasteiger charge is -2.06. The van der Waals surface area contributed by atoms with Gasteiger partial charge in [0.2, 0.25) is 0 Å². The van der Waals surface area contributed by atoms with Crippen molar-refractivity contribution < 1.29 is 9.53 Å². The minimum Gasteiger partial charge on any atom is -0.497 e. The van der Waals surface area contributed by atoms with Gasteiger partial charge in [-0.25, -0.2) is 4.98 Å². The summed E-state index contributed by atoms with van der Waals surface area (Å²) >= 11 is 0. The van der Waals surface area contributed by atoms with Crippen molar-refractivity contribution in [1.82, 2.24) is 9.97 Å². The summed E-state index contributed by atoms with van der Waals surface area (Å²) in [6, 6.07) is 22.3. The zero-order chi connectivity index (χ0) is 19.5. The number of carbonyl (C=O) groups is 1. The number of ketones is 1. The molecule has 0 fully saturated rings. The van der Waals surface area contributed by atoms with E-state index in [4.69, 9.17) is 4.74 Å². The molecule has 138 valence electrons. The van der Waals surface area contributed by atoms with E-state index in [1.54, 1.807) is 31.4 Å². The van der Waals surface area contributed by atoms with Crippen LogP contribution in [0.1, 0.15) is 16.2 Å².